The van der Waals surface area contributed by atoms with Crippen LogP contribution in [0.5, 0.6) is 5.75 Å². The summed E-state index contributed by atoms with van der Waals surface area (Å²) >= 11 is 5.79. The third kappa shape index (κ3) is 1.70. The number of rotatable bonds is 2. The molecule has 0 fully saturated rings. The Hall–Kier alpha value is -2.08. The highest BCUT2D eigenvalue weighted by Crippen LogP contribution is 2.32. The Morgan fingerprint density at radius 3 is 2.72 bits per heavy atom. The van der Waals surface area contributed by atoms with Crippen LogP contribution < -0.4 is 5.56 Å². The van der Waals surface area contributed by atoms with E-state index in [0.29, 0.717) is 10.5 Å². The Morgan fingerprint density at radius 1 is 1.50 bits per heavy atom. The van der Waals surface area contributed by atoms with E-state index in [1.807, 2.05) is 0 Å². The van der Waals surface area contributed by atoms with E-state index in [9.17, 15) is 20.0 Å². The molecule has 1 heterocycles. The molecular weight excluding hydrogens is 260 g/mol. The number of aromatic nitrogens is 1. The lowest BCUT2D eigenvalue weighted by atomic mass is 10.1. The molecule has 0 aliphatic rings. The van der Waals surface area contributed by atoms with Crippen molar-refractivity contribution in [2.75, 3.05) is 0 Å². The average Bonchev–Trinajstić information content (AvgIpc) is 2.30. The molecule has 1 aromatic heterocycles. The van der Waals surface area contributed by atoms with E-state index in [1.165, 1.54) is 10.6 Å². The second kappa shape index (κ2) is 4.30. The minimum absolute atomic E-state index is 0.190. The maximum absolute atomic E-state index is 11.9. The highest BCUT2D eigenvalue weighted by molar-refractivity contribution is 6.31. The van der Waals surface area contributed by atoms with E-state index in [2.05, 4.69) is 0 Å². The lowest BCUT2D eigenvalue weighted by Crippen LogP contribution is -2.22. The standard InChI is InChI=1S/C11H9ClN2O4/c1-2-13-8-4-3-6(12)5-7(8)10(15)9(11(13)16)14(17)18/h3-5,15H,2H2,1H3. The van der Waals surface area contributed by atoms with Gasteiger partial charge in [0.25, 0.3) is 0 Å². The largest absolute Gasteiger partial charge is 0.501 e. The molecule has 0 atom stereocenters. The first-order valence-electron chi connectivity index (χ1n) is 5.16. The number of nitro groups is 1. The van der Waals surface area contributed by atoms with Crippen LogP contribution in [0.25, 0.3) is 10.9 Å². The molecule has 0 amide bonds. The van der Waals surface area contributed by atoms with Crippen LogP contribution >= 0.6 is 11.6 Å². The van der Waals surface area contributed by atoms with Crippen molar-refractivity contribution in [2.45, 2.75) is 13.5 Å². The van der Waals surface area contributed by atoms with Crippen molar-refractivity contribution in [3.63, 3.8) is 0 Å². The van der Waals surface area contributed by atoms with Gasteiger partial charge in [0.1, 0.15) is 0 Å². The van der Waals surface area contributed by atoms with E-state index in [4.69, 9.17) is 11.6 Å². The zero-order valence-electron chi connectivity index (χ0n) is 9.38. The third-order valence-electron chi connectivity index (χ3n) is 2.68. The van der Waals surface area contributed by atoms with Crippen LogP contribution in [-0.4, -0.2) is 14.6 Å². The van der Waals surface area contributed by atoms with Crippen LogP contribution in [0.4, 0.5) is 5.69 Å². The summed E-state index contributed by atoms with van der Waals surface area (Å²) in [6.45, 7) is 1.95. The van der Waals surface area contributed by atoms with Crippen LogP contribution in [0.3, 0.4) is 0 Å². The molecule has 0 saturated carbocycles. The van der Waals surface area contributed by atoms with Crippen molar-refractivity contribution in [2.24, 2.45) is 0 Å². The minimum Gasteiger partial charge on any atom is -0.501 e. The third-order valence-corrected chi connectivity index (χ3v) is 2.91. The van der Waals surface area contributed by atoms with Crippen LogP contribution in [0, 0.1) is 10.1 Å². The van der Waals surface area contributed by atoms with E-state index in [1.54, 1.807) is 19.1 Å². The van der Waals surface area contributed by atoms with Gasteiger partial charge in [-0.05, 0) is 25.1 Å². The zero-order chi connectivity index (χ0) is 13.4. The first-order valence-corrected chi connectivity index (χ1v) is 5.54. The normalized spacial score (nSPS) is 10.8. The Bertz CT molecular complexity index is 708. The van der Waals surface area contributed by atoms with Crippen molar-refractivity contribution in [3.05, 3.63) is 43.7 Å². The molecule has 7 heteroatoms. The van der Waals surface area contributed by atoms with Crippen molar-refractivity contribution in [1.29, 1.82) is 0 Å². The fraction of sp³-hybridized carbons (Fsp3) is 0.182. The first kappa shape index (κ1) is 12.4. The average molecular weight is 269 g/mol. The van der Waals surface area contributed by atoms with Gasteiger partial charge in [-0.25, -0.2) is 0 Å². The second-order valence-electron chi connectivity index (χ2n) is 3.67. The summed E-state index contributed by atoms with van der Waals surface area (Å²) in [5.41, 5.74) is -1.24. The van der Waals surface area contributed by atoms with E-state index in [-0.39, 0.29) is 11.9 Å². The van der Waals surface area contributed by atoms with Crippen molar-refractivity contribution in [3.8, 4) is 5.75 Å². The lowest BCUT2D eigenvalue weighted by molar-refractivity contribution is -0.387. The van der Waals surface area contributed by atoms with Crippen molar-refractivity contribution < 1.29 is 10.0 Å². The van der Waals surface area contributed by atoms with Gasteiger partial charge in [-0.15, -0.1) is 0 Å². The van der Waals surface area contributed by atoms with E-state index in [0.717, 1.165) is 0 Å². The fourth-order valence-corrected chi connectivity index (χ4v) is 2.05. The number of aryl methyl sites for hydroxylation is 1. The van der Waals surface area contributed by atoms with Gasteiger partial charge in [0.2, 0.25) is 5.75 Å². The minimum atomic E-state index is -0.885. The Labute approximate surface area is 106 Å². The SMILES string of the molecule is CCn1c(=O)c([N+](=O)[O-])c(O)c2cc(Cl)ccc21. The molecule has 0 bridgehead atoms. The summed E-state index contributed by atoms with van der Waals surface area (Å²) < 4.78 is 1.23. The fourth-order valence-electron chi connectivity index (χ4n) is 1.88. The number of benzene rings is 1. The first-order chi connectivity index (χ1) is 8.47. The Kier molecular flexibility index (Phi) is 2.96. The summed E-state index contributed by atoms with van der Waals surface area (Å²) in [5, 5.41) is 21.2. The predicted molar refractivity (Wildman–Crippen MR) is 67.2 cm³/mol. The smallest absolute Gasteiger partial charge is 0.375 e. The van der Waals surface area contributed by atoms with Crippen LogP contribution in [-0.2, 0) is 6.54 Å². The van der Waals surface area contributed by atoms with Crippen LogP contribution in [0.2, 0.25) is 5.02 Å². The maximum Gasteiger partial charge on any atom is 0.375 e. The highest BCUT2D eigenvalue weighted by atomic mass is 35.5. The molecule has 0 spiro atoms. The molecular formula is C11H9ClN2O4. The highest BCUT2D eigenvalue weighted by Gasteiger charge is 2.25. The second-order valence-corrected chi connectivity index (χ2v) is 4.10. The molecule has 1 N–H and O–H groups in total. The quantitative estimate of drug-likeness (QED) is 0.669. The molecule has 94 valence electrons. The summed E-state index contributed by atoms with van der Waals surface area (Å²) in [6, 6.07) is 4.50. The van der Waals surface area contributed by atoms with Gasteiger partial charge < -0.3 is 9.67 Å². The van der Waals surface area contributed by atoms with E-state index >= 15 is 0 Å². The molecule has 0 unspecified atom stereocenters. The van der Waals surface area contributed by atoms with Gasteiger partial charge in [-0.3, -0.25) is 14.9 Å². The molecule has 2 aromatic rings. The van der Waals surface area contributed by atoms with Gasteiger partial charge in [0.05, 0.1) is 10.4 Å². The number of nitrogens with zero attached hydrogens (tertiary/aromatic N) is 2. The number of hydrogen-bond donors (Lipinski definition) is 1. The number of pyridine rings is 1. The number of hydrogen-bond acceptors (Lipinski definition) is 4. The molecule has 6 nitrogen and oxygen atoms in total. The van der Waals surface area contributed by atoms with Gasteiger partial charge in [-0.2, -0.15) is 0 Å². The van der Waals surface area contributed by atoms with Gasteiger partial charge >= 0.3 is 11.2 Å². The maximum atomic E-state index is 11.9. The van der Waals surface area contributed by atoms with Crippen LogP contribution in [0.1, 0.15) is 6.92 Å². The van der Waals surface area contributed by atoms with E-state index < -0.39 is 21.9 Å². The monoisotopic (exact) mass is 268 g/mol. The molecule has 1 aromatic carbocycles. The predicted octanol–water partition coefficient (Wildman–Crippen LogP) is 2.29. The summed E-state index contributed by atoms with van der Waals surface area (Å²) in [6.07, 6.45) is 0. The van der Waals surface area contributed by atoms with Gasteiger partial charge in [0.15, 0.2) is 0 Å². The zero-order valence-corrected chi connectivity index (χ0v) is 10.1. The van der Waals surface area contributed by atoms with Crippen molar-refractivity contribution >= 4 is 28.2 Å². The van der Waals surface area contributed by atoms with Gasteiger partial charge in [-0.1, -0.05) is 11.6 Å². The molecule has 0 aliphatic heterocycles. The van der Waals surface area contributed by atoms with Crippen molar-refractivity contribution in [1.82, 2.24) is 4.57 Å². The van der Waals surface area contributed by atoms with Gasteiger partial charge in [0, 0.05) is 17.0 Å². The van der Waals surface area contributed by atoms with Crippen LogP contribution in [0.15, 0.2) is 23.0 Å². The topological polar surface area (TPSA) is 85.4 Å². The number of aromatic hydroxyl groups is 1. The Balaban J connectivity index is 3.06. The molecule has 0 radical (unpaired) electrons. The molecule has 2 rings (SSSR count). The molecule has 0 aliphatic carbocycles. The molecule has 0 saturated heterocycles. The number of fused-ring (bicyclic) bond motifs is 1. The Morgan fingerprint density at radius 2 is 2.17 bits per heavy atom. The number of halogens is 1. The summed E-state index contributed by atoms with van der Waals surface area (Å²) in [7, 11) is 0. The summed E-state index contributed by atoms with van der Waals surface area (Å²) in [4.78, 5) is 21.8. The molecule has 18 heavy (non-hydrogen) atoms. The lowest BCUT2D eigenvalue weighted by Gasteiger charge is -2.09. The summed E-state index contributed by atoms with van der Waals surface area (Å²) in [5.74, 6) is -0.646.